The Morgan fingerprint density at radius 1 is 1.57 bits per heavy atom. The van der Waals surface area contributed by atoms with Crippen molar-refractivity contribution in [3.63, 3.8) is 0 Å². The van der Waals surface area contributed by atoms with E-state index in [9.17, 15) is 0 Å². The zero-order chi connectivity index (χ0) is 5.86. The van der Waals surface area contributed by atoms with Crippen molar-refractivity contribution in [2.24, 2.45) is 0 Å². The van der Waals surface area contributed by atoms with Crippen LogP contribution in [0.25, 0.3) is 0 Å². The Kier molecular flexibility index (Phi) is 2.96. The highest BCUT2D eigenvalue weighted by Gasteiger charge is 2.02. The smallest absolute Gasteiger partial charge is 0.147 e. The van der Waals surface area contributed by atoms with Gasteiger partial charge in [0.25, 0.3) is 0 Å². The Hall–Kier alpha value is -0.0800. The lowest BCUT2D eigenvalue weighted by Crippen LogP contribution is -2.27. The van der Waals surface area contributed by atoms with Gasteiger partial charge in [0.1, 0.15) is 26.7 Å². The molecule has 0 saturated carbocycles. The van der Waals surface area contributed by atoms with Crippen LogP contribution in [0.5, 0.6) is 0 Å². The van der Waals surface area contributed by atoms with Gasteiger partial charge in [0.05, 0.1) is 0 Å². The number of hydrogen-bond acceptors (Lipinski definition) is 2. The van der Waals surface area contributed by atoms with E-state index >= 15 is 0 Å². The molecule has 0 aliphatic heterocycles. The number of likely N-dealkylation sites (N-methyl/N-ethyl adjacent to an activating group) is 1. The fourth-order valence-corrected chi connectivity index (χ4v) is 0.528. The minimum absolute atomic E-state index is 0.199. The number of nitrogens with zero attached hydrogens (tertiary/aromatic N) is 1. The van der Waals surface area contributed by atoms with Crippen molar-refractivity contribution in [1.82, 2.24) is 4.90 Å². The first-order chi connectivity index (χ1) is 3.13. The second kappa shape index (κ2) is 2.99. The second-order valence-corrected chi connectivity index (χ2v) is 2.11. The van der Waals surface area contributed by atoms with Crippen molar-refractivity contribution in [2.45, 2.75) is 13.0 Å². The summed E-state index contributed by atoms with van der Waals surface area (Å²) in [6.07, 6.45) is -0.199. The molecule has 1 atom stereocenters. The Labute approximate surface area is 44.8 Å². The highest BCUT2D eigenvalue weighted by Crippen LogP contribution is 1.77. The summed E-state index contributed by atoms with van der Waals surface area (Å²) < 4.78 is 0. The third-order valence-electron chi connectivity index (χ3n) is 0.629. The van der Waals surface area contributed by atoms with Crippen molar-refractivity contribution in [3.05, 3.63) is 0 Å². The molecule has 0 fully saturated rings. The summed E-state index contributed by atoms with van der Waals surface area (Å²) in [7, 11) is 3.87. The summed E-state index contributed by atoms with van der Waals surface area (Å²) in [6.45, 7) is 2.53. The van der Waals surface area contributed by atoms with E-state index in [4.69, 9.17) is 5.11 Å². The molecule has 0 amide bonds. The van der Waals surface area contributed by atoms with Gasteiger partial charge >= 0.3 is 0 Å². The molecular weight excluding hydrogens is 90.1 g/mol. The molecule has 0 heterocycles. The van der Waals surface area contributed by atoms with E-state index in [0.29, 0.717) is 0 Å². The molecule has 0 aliphatic carbocycles. The molecule has 0 aliphatic rings. The van der Waals surface area contributed by atoms with Gasteiger partial charge in [0.15, 0.2) is 0 Å². The minimum atomic E-state index is -0.199. The molecule has 0 aromatic heterocycles. The molecule has 2 nitrogen and oxygen atoms in total. The highest BCUT2D eigenvalue weighted by molar-refractivity contribution is 4.53. The molecule has 7 heavy (non-hydrogen) atoms. The number of hydrogen-bond donors (Lipinski definition) is 1. The number of rotatable bonds is 2. The number of aliphatic hydroxyl groups is 1. The topological polar surface area (TPSA) is 26.1 Å². The molecule has 0 aromatic rings. The fraction of sp³-hybridized carbons (Fsp3) is 1.00. The van der Waals surface area contributed by atoms with Crippen LogP contribution in [0.2, 0.25) is 0 Å². The average Bonchev–Trinajstić information content (AvgIpc) is 1.27. The second-order valence-electron chi connectivity index (χ2n) is 2.11. The zero-order valence-electron chi connectivity index (χ0n) is 5.18. The lowest BCUT2D eigenvalue weighted by molar-refractivity contribution is 0.178. The van der Waals surface area contributed by atoms with E-state index in [1.54, 1.807) is 6.92 Å². The van der Waals surface area contributed by atoms with E-state index in [-0.39, 0.29) is 6.10 Å². The lowest BCUT2D eigenvalue weighted by atomic mass is 10.4. The van der Waals surface area contributed by atoms with Crippen LogP contribution in [0.4, 0.5) is 0 Å². The molecule has 1 unspecified atom stereocenters. The van der Waals surface area contributed by atoms with Crippen molar-refractivity contribution in [3.8, 4) is 0 Å². The van der Waals surface area contributed by atoms with Gasteiger partial charge in [0, 0.05) is 0 Å². The first-order valence-electron chi connectivity index (χ1n) is 2.45. The summed E-state index contributed by atoms with van der Waals surface area (Å²) in [4.78, 5) is 1.95. The molecule has 0 bridgehead atoms. The maximum atomic E-state index is 8.68. The predicted molar refractivity (Wildman–Crippen MR) is 30.5 cm³/mol. The van der Waals surface area contributed by atoms with Gasteiger partial charge in [-0.25, -0.2) is 0 Å². The van der Waals surface area contributed by atoms with Crippen LogP contribution in [0.15, 0.2) is 0 Å². The summed E-state index contributed by atoms with van der Waals surface area (Å²) >= 11 is 0. The lowest BCUT2D eigenvalue weighted by Gasteiger charge is -2.00. The SMILES string of the molecule is CC(O)C[N+](C)C. The predicted octanol–water partition coefficient (Wildman–Crippen LogP) is -0.233. The van der Waals surface area contributed by atoms with Crippen molar-refractivity contribution in [1.29, 1.82) is 0 Å². The van der Waals surface area contributed by atoms with Gasteiger partial charge in [-0.15, -0.1) is 0 Å². The van der Waals surface area contributed by atoms with Gasteiger partial charge in [-0.05, 0) is 6.92 Å². The van der Waals surface area contributed by atoms with Crippen molar-refractivity contribution in [2.75, 3.05) is 20.6 Å². The van der Waals surface area contributed by atoms with E-state index in [1.807, 2.05) is 19.0 Å². The van der Waals surface area contributed by atoms with Crippen LogP contribution >= 0.6 is 0 Å². The Balaban J connectivity index is 2.95. The molecule has 1 radical (unpaired) electrons. The van der Waals surface area contributed by atoms with E-state index < -0.39 is 0 Å². The van der Waals surface area contributed by atoms with Crippen molar-refractivity contribution >= 4 is 0 Å². The molecular formula is C5H13NO+. The van der Waals surface area contributed by atoms with Crippen LogP contribution in [-0.4, -0.2) is 31.9 Å². The van der Waals surface area contributed by atoms with E-state index in [2.05, 4.69) is 0 Å². The van der Waals surface area contributed by atoms with Gasteiger partial charge in [-0.2, -0.15) is 4.90 Å². The molecule has 0 aromatic carbocycles. The summed E-state index contributed by atoms with van der Waals surface area (Å²) in [5.41, 5.74) is 0. The minimum Gasteiger partial charge on any atom is -0.387 e. The quantitative estimate of drug-likeness (QED) is 0.480. The van der Waals surface area contributed by atoms with Gasteiger partial charge in [-0.1, -0.05) is 0 Å². The summed E-state index contributed by atoms with van der Waals surface area (Å²) in [5.74, 6) is 0. The molecule has 0 spiro atoms. The van der Waals surface area contributed by atoms with Crippen LogP contribution in [0.3, 0.4) is 0 Å². The van der Waals surface area contributed by atoms with E-state index in [1.165, 1.54) is 0 Å². The van der Waals surface area contributed by atoms with Crippen molar-refractivity contribution < 1.29 is 5.11 Å². The van der Waals surface area contributed by atoms with Crippen LogP contribution in [0, 0.1) is 0 Å². The van der Waals surface area contributed by atoms with Gasteiger partial charge < -0.3 is 5.11 Å². The normalized spacial score (nSPS) is 15.0. The maximum absolute atomic E-state index is 8.68. The summed E-state index contributed by atoms with van der Waals surface area (Å²) in [6, 6.07) is 0. The van der Waals surface area contributed by atoms with Gasteiger partial charge in [-0.3, -0.25) is 0 Å². The first-order valence-corrected chi connectivity index (χ1v) is 2.45. The first kappa shape index (κ1) is 6.92. The standard InChI is InChI=1S/C5H13NO/c1-5(7)4-6(2)3/h5,7H,4H2,1-3H3/q+1. The monoisotopic (exact) mass is 103 g/mol. The maximum Gasteiger partial charge on any atom is 0.147 e. The van der Waals surface area contributed by atoms with Gasteiger partial charge in [0.2, 0.25) is 0 Å². The third kappa shape index (κ3) is 5.92. The van der Waals surface area contributed by atoms with E-state index in [0.717, 1.165) is 6.54 Å². The molecule has 0 saturated heterocycles. The highest BCUT2D eigenvalue weighted by atomic mass is 16.3. The molecule has 1 N–H and O–H groups in total. The van der Waals surface area contributed by atoms with Crippen LogP contribution in [-0.2, 0) is 0 Å². The zero-order valence-corrected chi connectivity index (χ0v) is 5.18. The molecule has 0 rings (SSSR count). The molecule has 43 valence electrons. The van der Waals surface area contributed by atoms with Crippen LogP contribution in [0.1, 0.15) is 6.92 Å². The van der Waals surface area contributed by atoms with Crippen LogP contribution < -0.4 is 4.90 Å². The summed E-state index contributed by atoms with van der Waals surface area (Å²) in [5, 5.41) is 8.68. The average molecular weight is 103 g/mol. The number of aliphatic hydroxyl groups excluding tert-OH is 1. The fourth-order valence-electron chi connectivity index (χ4n) is 0.528. The Bertz CT molecular complexity index is 37.3. The Morgan fingerprint density at radius 3 is 2.00 bits per heavy atom. The largest absolute Gasteiger partial charge is 0.387 e. The Morgan fingerprint density at radius 2 is 2.00 bits per heavy atom. The third-order valence-corrected chi connectivity index (χ3v) is 0.629. The molecule has 2 heteroatoms.